The van der Waals surface area contributed by atoms with Gasteiger partial charge in [0.2, 0.25) is 5.91 Å². The second-order valence-corrected chi connectivity index (χ2v) is 8.33. The molecule has 2 aliphatic rings. The van der Waals surface area contributed by atoms with Crippen molar-refractivity contribution in [3.63, 3.8) is 0 Å². The molecule has 154 valence electrons. The van der Waals surface area contributed by atoms with Gasteiger partial charge in [-0.1, -0.05) is 30.3 Å². The van der Waals surface area contributed by atoms with Crippen molar-refractivity contribution in [3.8, 4) is 0 Å². The number of hydrogen-bond donors (Lipinski definition) is 0. The first-order chi connectivity index (χ1) is 14.1. The number of nitrogens with zero attached hydrogens (tertiary/aromatic N) is 4. The van der Waals surface area contributed by atoms with Gasteiger partial charge in [-0.05, 0) is 43.9 Å². The van der Waals surface area contributed by atoms with Gasteiger partial charge < -0.3 is 9.80 Å². The van der Waals surface area contributed by atoms with E-state index in [0.717, 1.165) is 69.9 Å². The van der Waals surface area contributed by atoms with Crippen LogP contribution in [0.25, 0.3) is 0 Å². The number of piperazine rings is 1. The van der Waals surface area contributed by atoms with Gasteiger partial charge in [0.05, 0.1) is 11.7 Å². The molecule has 0 N–H and O–H groups in total. The van der Waals surface area contributed by atoms with E-state index in [4.69, 9.17) is 4.98 Å². The van der Waals surface area contributed by atoms with Gasteiger partial charge in [-0.2, -0.15) is 0 Å². The fraction of sp³-hybridized carbons (Fsp3) is 0.500. The maximum atomic E-state index is 12.0. The first kappa shape index (κ1) is 19.9. The van der Waals surface area contributed by atoms with Crippen LogP contribution in [0.15, 0.2) is 42.5 Å². The molecule has 1 amide bonds. The average molecular weight is 393 g/mol. The Morgan fingerprint density at radius 1 is 1.07 bits per heavy atom. The molecule has 5 heteroatoms. The molecule has 0 radical (unpaired) electrons. The van der Waals surface area contributed by atoms with E-state index >= 15 is 0 Å². The molecule has 0 aliphatic carbocycles. The molecule has 0 saturated carbocycles. The zero-order chi connectivity index (χ0) is 20.2. The summed E-state index contributed by atoms with van der Waals surface area (Å²) in [5, 5.41) is 0. The lowest BCUT2D eigenvalue weighted by Gasteiger charge is -2.36. The number of carbonyl (C=O) groups is 1. The van der Waals surface area contributed by atoms with E-state index in [9.17, 15) is 4.79 Å². The normalized spacial score (nSPS) is 20.3. The minimum atomic E-state index is 0.137. The molecule has 1 atom stereocenters. The third kappa shape index (κ3) is 4.78. The van der Waals surface area contributed by atoms with Gasteiger partial charge in [0.25, 0.3) is 0 Å². The second kappa shape index (κ2) is 8.95. The van der Waals surface area contributed by atoms with E-state index in [0.29, 0.717) is 0 Å². The number of rotatable bonds is 5. The fourth-order valence-electron chi connectivity index (χ4n) is 4.64. The lowest BCUT2D eigenvalue weighted by molar-refractivity contribution is -0.129. The Hall–Kier alpha value is -2.40. The van der Waals surface area contributed by atoms with E-state index < -0.39 is 0 Å². The van der Waals surface area contributed by atoms with Gasteiger partial charge >= 0.3 is 0 Å². The summed E-state index contributed by atoms with van der Waals surface area (Å²) in [7, 11) is 0. The molecule has 5 nitrogen and oxygen atoms in total. The minimum absolute atomic E-state index is 0.137. The van der Waals surface area contributed by atoms with Crippen molar-refractivity contribution in [1.29, 1.82) is 0 Å². The number of aromatic nitrogens is 1. The molecular formula is C24H32N4O. The van der Waals surface area contributed by atoms with Gasteiger partial charge in [-0.15, -0.1) is 0 Å². The van der Waals surface area contributed by atoms with Crippen molar-refractivity contribution in [1.82, 2.24) is 14.8 Å². The zero-order valence-electron chi connectivity index (χ0n) is 17.7. The topological polar surface area (TPSA) is 39.7 Å². The lowest BCUT2D eigenvalue weighted by atomic mass is 10.1. The molecule has 29 heavy (non-hydrogen) atoms. The molecule has 0 spiro atoms. The minimum Gasteiger partial charge on any atom is -0.369 e. The molecule has 2 fully saturated rings. The number of likely N-dealkylation sites (tertiary alicyclic amines) is 1. The van der Waals surface area contributed by atoms with Gasteiger partial charge in [-0.25, -0.2) is 0 Å². The van der Waals surface area contributed by atoms with Crippen LogP contribution in [0.2, 0.25) is 0 Å². The first-order valence-electron chi connectivity index (χ1n) is 10.9. The quantitative estimate of drug-likeness (QED) is 0.782. The largest absolute Gasteiger partial charge is 0.369 e. The van der Waals surface area contributed by atoms with Crippen LogP contribution in [0, 0.1) is 6.92 Å². The fourth-order valence-corrected chi connectivity index (χ4v) is 4.64. The molecule has 3 heterocycles. The van der Waals surface area contributed by atoms with E-state index in [2.05, 4.69) is 59.2 Å². The summed E-state index contributed by atoms with van der Waals surface area (Å²) in [5.41, 5.74) is 4.76. The molecule has 4 rings (SSSR count). The zero-order valence-corrected chi connectivity index (χ0v) is 17.7. The van der Waals surface area contributed by atoms with Gasteiger partial charge in [-0.3, -0.25) is 14.7 Å². The van der Waals surface area contributed by atoms with Crippen LogP contribution in [-0.4, -0.2) is 60.0 Å². The summed E-state index contributed by atoms with van der Waals surface area (Å²) in [6, 6.07) is 15.3. The van der Waals surface area contributed by atoms with Crippen LogP contribution in [0.4, 0.5) is 5.69 Å². The van der Waals surface area contributed by atoms with Crippen LogP contribution in [0.5, 0.6) is 0 Å². The standard InChI is InChI=1S/C24H32N4O/c1-19-17-22(18-23(25-19)24-9-6-11-28(24)20(2)29)27-15-13-26(14-16-27)12-10-21-7-4-3-5-8-21/h3-5,7-8,17-18,24H,6,9-16H2,1-2H3/t24-/m0/s1. The molecule has 0 bridgehead atoms. The van der Waals surface area contributed by atoms with Crippen molar-refractivity contribution in [3.05, 3.63) is 59.4 Å². The molecular weight excluding hydrogens is 360 g/mol. The highest BCUT2D eigenvalue weighted by molar-refractivity contribution is 5.74. The Bertz CT molecular complexity index is 830. The van der Waals surface area contributed by atoms with Crippen molar-refractivity contribution in [2.75, 3.05) is 44.2 Å². The Balaban J connectivity index is 1.38. The Kier molecular flexibility index (Phi) is 6.14. The average Bonchev–Trinajstić information content (AvgIpc) is 3.23. The maximum Gasteiger partial charge on any atom is 0.220 e. The third-order valence-corrected chi connectivity index (χ3v) is 6.25. The number of benzene rings is 1. The summed E-state index contributed by atoms with van der Waals surface area (Å²) in [6.45, 7) is 9.97. The predicted octanol–water partition coefficient (Wildman–Crippen LogP) is 3.44. The monoisotopic (exact) mass is 392 g/mol. The molecule has 2 aromatic rings. The number of amides is 1. The Morgan fingerprint density at radius 2 is 1.83 bits per heavy atom. The lowest BCUT2D eigenvalue weighted by Crippen LogP contribution is -2.47. The molecule has 2 saturated heterocycles. The number of pyridine rings is 1. The van der Waals surface area contributed by atoms with Gasteiger partial charge in [0.1, 0.15) is 0 Å². The molecule has 0 unspecified atom stereocenters. The number of anilines is 1. The molecule has 1 aromatic carbocycles. The van der Waals surface area contributed by atoms with Crippen molar-refractivity contribution in [2.45, 2.75) is 39.2 Å². The van der Waals surface area contributed by atoms with Crippen molar-refractivity contribution < 1.29 is 4.79 Å². The van der Waals surface area contributed by atoms with Crippen LogP contribution in [-0.2, 0) is 11.2 Å². The highest BCUT2D eigenvalue weighted by atomic mass is 16.2. The van der Waals surface area contributed by atoms with E-state index in [-0.39, 0.29) is 11.9 Å². The molecule has 1 aromatic heterocycles. The summed E-state index contributed by atoms with van der Waals surface area (Å²) >= 11 is 0. The van der Waals surface area contributed by atoms with Crippen LogP contribution in [0.1, 0.15) is 42.8 Å². The smallest absolute Gasteiger partial charge is 0.220 e. The first-order valence-corrected chi connectivity index (χ1v) is 10.9. The summed E-state index contributed by atoms with van der Waals surface area (Å²) in [5.74, 6) is 0.157. The highest BCUT2D eigenvalue weighted by Crippen LogP contribution is 2.33. The highest BCUT2D eigenvalue weighted by Gasteiger charge is 2.29. The van der Waals surface area contributed by atoms with E-state index in [1.54, 1.807) is 6.92 Å². The van der Waals surface area contributed by atoms with Gasteiger partial charge in [0.15, 0.2) is 0 Å². The van der Waals surface area contributed by atoms with Gasteiger partial charge in [0, 0.05) is 57.6 Å². The number of carbonyl (C=O) groups excluding carboxylic acids is 1. The number of aryl methyl sites for hydroxylation is 1. The third-order valence-electron chi connectivity index (χ3n) is 6.25. The van der Waals surface area contributed by atoms with E-state index in [1.807, 2.05) is 4.90 Å². The maximum absolute atomic E-state index is 12.0. The predicted molar refractivity (Wildman–Crippen MR) is 117 cm³/mol. The summed E-state index contributed by atoms with van der Waals surface area (Å²) in [4.78, 5) is 23.8. The van der Waals surface area contributed by atoms with Crippen LogP contribution in [0.3, 0.4) is 0 Å². The van der Waals surface area contributed by atoms with E-state index in [1.165, 1.54) is 11.3 Å². The van der Waals surface area contributed by atoms with Crippen molar-refractivity contribution in [2.24, 2.45) is 0 Å². The Morgan fingerprint density at radius 3 is 2.55 bits per heavy atom. The molecule has 2 aliphatic heterocycles. The summed E-state index contributed by atoms with van der Waals surface area (Å²) in [6.07, 6.45) is 3.19. The van der Waals surface area contributed by atoms with Crippen molar-refractivity contribution >= 4 is 11.6 Å². The SMILES string of the molecule is CC(=O)N1CCC[C@H]1c1cc(N2CCN(CCc3ccccc3)CC2)cc(C)n1. The number of hydrogen-bond acceptors (Lipinski definition) is 4. The Labute approximate surface area is 174 Å². The summed E-state index contributed by atoms with van der Waals surface area (Å²) < 4.78 is 0. The van der Waals surface area contributed by atoms with Crippen LogP contribution >= 0.6 is 0 Å². The van der Waals surface area contributed by atoms with Crippen LogP contribution < -0.4 is 4.90 Å². The second-order valence-electron chi connectivity index (χ2n) is 8.33.